The Morgan fingerprint density at radius 2 is 2.11 bits per heavy atom. The van der Waals surface area contributed by atoms with Crippen LogP contribution >= 0.6 is 11.3 Å². The van der Waals surface area contributed by atoms with E-state index in [-0.39, 0.29) is 11.8 Å². The molecule has 2 aliphatic heterocycles. The predicted octanol–water partition coefficient (Wildman–Crippen LogP) is 2.14. The van der Waals surface area contributed by atoms with Gasteiger partial charge in [-0.3, -0.25) is 14.6 Å². The topological polar surface area (TPSA) is 83.9 Å². The molecule has 0 radical (unpaired) electrons. The Balaban J connectivity index is 1.32. The van der Waals surface area contributed by atoms with Crippen LogP contribution in [0.1, 0.15) is 30.4 Å². The number of thiophene rings is 1. The van der Waals surface area contributed by atoms with E-state index in [1.807, 2.05) is 33.9 Å². The van der Waals surface area contributed by atoms with Crippen LogP contribution in [-0.2, 0) is 27.4 Å². The summed E-state index contributed by atoms with van der Waals surface area (Å²) in [5, 5.41) is 10.9. The molecule has 4 heterocycles. The van der Waals surface area contributed by atoms with E-state index < -0.39 is 5.60 Å². The van der Waals surface area contributed by atoms with Gasteiger partial charge in [-0.2, -0.15) is 11.3 Å². The molecule has 1 spiro atoms. The maximum atomic E-state index is 12.6. The highest BCUT2D eigenvalue weighted by molar-refractivity contribution is 7.08. The number of piperidine rings is 1. The minimum Gasteiger partial charge on any atom is -0.386 e. The smallest absolute Gasteiger partial charge is 0.269 e. The Kier molecular flexibility index (Phi) is 5.38. The van der Waals surface area contributed by atoms with Gasteiger partial charge in [-0.1, -0.05) is 5.16 Å². The van der Waals surface area contributed by atoms with Crippen LogP contribution in [0.2, 0.25) is 0 Å². The minimum atomic E-state index is -0.577. The number of carbonyl (C=O) groups excluding carboxylic acids is 2. The number of oxime groups is 1. The van der Waals surface area contributed by atoms with Crippen molar-refractivity contribution in [3.63, 3.8) is 0 Å². The van der Waals surface area contributed by atoms with Crippen molar-refractivity contribution in [2.24, 2.45) is 5.16 Å². The highest BCUT2D eigenvalue weighted by Crippen LogP contribution is 2.33. The number of likely N-dealkylation sites (tertiary alicyclic amines) is 1. The zero-order chi connectivity index (χ0) is 19.4. The molecule has 0 aromatic carbocycles. The number of nitrogens with zero attached hydrogens (tertiary/aromatic N) is 3. The summed E-state index contributed by atoms with van der Waals surface area (Å²) >= 11 is 1.59. The van der Waals surface area contributed by atoms with Gasteiger partial charge in [0.2, 0.25) is 5.91 Å². The van der Waals surface area contributed by atoms with Crippen molar-refractivity contribution in [2.45, 2.75) is 37.8 Å². The molecular formula is C20H22N4O3S. The Morgan fingerprint density at radius 3 is 2.89 bits per heavy atom. The van der Waals surface area contributed by atoms with Gasteiger partial charge in [-0.25, -0.2) is 0 Å². The SMILES string of the molecule is O=C(NCc1ccncc1)C1=NOC2(CCCN(C(=O)Cc3ccsc3)C2)C1. The van der Waals surface area contributed by atoms with E-state index in [0.29, 0.717) is 31.6 Å². The molecular weight excluding hydrogens is 376 g/mol. The number of nitrogens with one attached hydrogen (secondary N) is 1. The van der Waals surface area contributed by atoms with Gasteiger partial charge in [-0.05, 0) is 52.9 Å². The molecule has 8 heteroatoms. The minimum absolute atomic E-state index is 0.0941. The van der Waals surface area contributed by atoms with Crippen LogP contribution in [0.15, 0.2) is 46.5 Å². The van der Waals surface area contributed by atoms with E-state index in [2.05, 4.69) is 15.5 Å². The monoisotopic (exact) mass is 398 g/mol. The second kappa shape index (κ2) is 8.10. The van der Waals surface area contributed by atoms with Crippen molar-refractivity contribution in [1.82, 2.24) is 15.2 Å². The number of rotatable bonds is 5. The molecule has 1 atom stereocenters. The van der Waals surface area contributed by atoms with Crippen molar-refractivity contribution < 1.29 is 14.4 Å². The first-order valence-electron chi connectivity index (χ1n) is 9.35. The first-order chi connectivity index (χ1) is 13.6. The van der Waals surface area contributed by atoms with Crippen LogP contribution in [-0.4, -0.2) is 46.1 Å². The third-order valence-electron chi connectivity index (χ3n) is 5.13. The van der Waals surface area contributed by atoms with Gasteiger partial charge in [-0.15, -0.1) is 0 Å². The molecule has 1 saturated heterocycles. The van der Waals surface area contributed by atoms with Gasteiger partial charge >= 0.3 is 0 Å². The summed E-state index contributed by atoms with van der Waals surface area (Å²) in [5.74, 6) is -0.132. The molecule has 146 valence electrons. The summed E-state index contributed by atoms with van der Waals surface area (Å²) in [6.45, 7) is 1.61. The van der Waals surface area contributed by atoms with Gasteiger partial charge in [0, 0.05) is 31.9 Å². The summed E-state index contributed by atoms with van der Waals surface area (Å²) in [5.41, 5.74) is 1.82. The third kappa shape index (κ3) is 4.22. The molecule has 7 nitrogen and oxygen atoms in total. The number of amides is 2. The molecule has 0 bridgehead atoms. The average molecular weight is 398 g/mol. The number of carbonyl (C=O) groups is 2. The van der Waals surface area contributed by atoms with Gasteiger partial charge in [0.15, 0.2) is 5.60 Å². The molecule has 2 aromatic heterocycles. The maximum absolute atomic E-state index is 12.6. The molecule has 2 aromatic rings. The fourth-order valence-corrected chi connectivity index (χ4v) is 4.31. The molecule has 2 amide bonds. The van der Waals surface area contributed by atoms with Crippen molar-refractivity contribution in [3.8, 4) is 0 Å². The van der Waals surface area contributed by atoms with Gasteiger partial charge < -0.3 is 15.1 Å². The molecule has 1 fully saturated rings. The molecule has 0 saturated carbocycles. The van der Waals surface area contributed by atoms with Crippen molar-refractivity contribution in [3.05, 3.63) is 52.5 Å². The zero-order valence-corrected chi connectivity index (χ0v) is 16.3. The zero-order valence-electron chi connectivity index (χ0n) is 15.5. The van der Waals surface area contributed by atoms with E-state index in [1.165, 1.54) is 0 Å². The lowest BCUT2D eigenvalue weighted by Crippen LogP contribution is -2.51. The molecule has 0 aliphatic carbocycles. The van der Waals surface area contributed by atoms with Crippen LogP contribution in [0, 0.1) is 0 Å². The Morgan fingerprint density at radius 1 is 1.25 bits per heavy atom. The Bertz CT molecular complexity index is 869. The first-order valence-corrected chi connectivity index (χ1v) is 10.3. The van der Waals surface area contributed by atoms with E-state index in [9.17, 15) is 9.59 Å². The lowest BCUT2D eigenvalue weighted by Gasteiger charge is -2.38. The quantitative estimate of drug-likeness (QED) is 0.836. The van der Waals surface area contributed by atoms with E-state index in [1.54, 1.807) is 23.7 Å². The third-order valence-corrected chi connectivity index (χ3v) is 5.86. The van der Waals surface area contributed by atoms with Crippen LogP contribution in [0.4, 0.5) is 0 Å². The maximum Gasteiger partial charge on any atom is 0.269 e. The summed E-state index contributed by atoms with van der Waals surface area (Å²) in [4.78, 5) is 36.6. The standard InChI is InChI=1S/C20H22N4O3S/c25-18(10-16-4-9-28-13-16)24-8-1-5-20(14-24)11-17(23-27-20)19(26)22-12-15-2-6-21-7-3-15/h2-4,6-7,9,13H,1,5,8,10-12,14H2,(H,22,26). The number of hydrogen-bond donors (Lipinski definition) is 1. The fraction of sp³-hybridized carbons (Fsp3) is 0.400. The predicted molar refractivity (Wildman–Crippen MR) is 106 cm³/mol. The van der Waals surface area contributed by atoms with E-state index in [4.69, 9.17) is 4.84 Å². The second-order valence-electron chi connectivity index (χ2n) is 7.25. The summed E-state index contributed by atoms with van der Waals surface area (Å²) < 4.78 is 0. The second-order valence-corrected chi connectivity index (χ2v) is 8.03. The van der Waals surface area contributed by atoms with Crippen LogP contribution in [0.5, 0.6) is 0 Å². The van der Waals surface area contributed by atoms with Crippen LogP contribution in [0.3, 0.4) is 0 Å². The average Bonchev–Trinajstić information content (AvgIpc) is 3.37. The number of pyridine rings is 1. The van der Waals surface area contributed by atoms with Gasteiger partial charge in [0.1, 0.15) is 5.71 Å². The molecule has 1 unspecified atom stereocenters. The highest BCUT2D eigenvalue weighted by atomic mass is 32.1. The Labute approximate surface area is 167 Å². The summed E-state index contributed by atoms with van der Waals surface area (Å²) in [7, 11) is 0. The molecule has 1 N–H and O–H groups in total. The number of aromatic nitrogens is 1. The van der Waals surface area contributed by atoms with Gasteiger partial charge in [0.05, 0.1) is 13.0 Å². The lowest BCUT2D eigenvalue weighted by atomic mass is 9.87. The summed E-state index contributed by atoms with van der Waals surface area (Å²) in [6, 6.07) is 5.68. The highest BCUT2D eigenvalue weighted by Gasteiger charge is 2.45. The van der Waals surface area contributed by atoms with Crippen molar-refractivity contribution in [2.75, 3.05) is 13.1 Å². The molecule has 28 heavy (non-hydrogen) atoms. The number of hydrogen-bond acceptors (Lipinski definition) is 6. The van der Waals surface area contributed by atoms with E-state index >= 15 is 0 Å². The molecule has 4 rings (SSSR count). The first kappa shape index (κ1) is 18.6. The normalized spacial score (nSPS) is 21.3. The Hall–Kier alpha value is -2.74. The van der Waals surface area contributed by atoms with Crippen molar-refractivity contribution >= 4 is 28.9 Å². The summed E-state index contributed by atoms with van der Waals surface area (Å²) in [6.07, 6.45) is 5.85. The fourth-order valence-electron chi connectivity index (χ4n) is 3.64. The van der Waals surface area contributed by atoms with Crippen LogP contribution < -0.4 is 5.32 Å². The van der Waals surface area contributed by atoms with E-state index in [0.717, 1.165) is 30.5 Å². The lowest BCUT2D eigenvalue weighted by molar-refractivity contribution is -0.139. The largest absolute Gasteiger partial charge is 0.386 e. The van der Waals surface area contributed by atoms with Crippen molar-refractivity contribution in [1.29, 1.82) is 0 Å². The van der Waals surface area contributed by atoms with Gasteiger partial charge in [0.25, 0.3) is 5.91 Å². The van der Waals surface area contributed by atoms with Crippen LogP contribution in [0.25, 0.3) is 0 Å². The molecule has 2 aliphatic rings.